The predicted molar refractivity (Wildman–Crippen MR) is 64.0 cm³/mol. The van der Waals surface area contributed by atoms with E-state index in [0.29, 0.717) is 13.2 Å². The molecule has 0 aliphatic carbocycles. The first-order valence-electron chi connectivity index (χ1n) is 5.40. The van der Waals surface area contributed by atoms with Crippen LogP contribution in [0.4, 0.5) is 0 Å². The lowest BCUT2D eigenvalue weighted by atomic mass is 10.2. The van der Waals surface area contributed by atoms with Gasteiger partial charge in [0, 0.05) is 6.54 Å². The monoisotopic (exact) mass is 243 g/mol. The first-order chi connectivity index (χ1) is 7.64. The molecule has 0 aliphatic heterocycles. The van der Waals surface area contributed by atoms with Crippen LogP contribution in [0.15, 0.2) is 30.3 Å². The number of nitrogens with one attached hydrogen (secondary N) is 1. The molecule has 0 fully saturated rings. The second-order valence-electron chi connectivity index (χ2n) is 3.53. The lowest BCUT2D eigenvalue weighted by Gasteiger charge is -2.12. The van der Waals surface area contributed by atoms with E-state index in [0.717, 1.165) is 18.4 Å². The van der Waals surface area contributed by atoms with Gasteiger partial charge in [0.05, 0.1) is 6.61 Å². The van der Waals surface area contributed by atoms with Gasteiger partial charge >= 0.3 is 7.75 Å². The summed E-state index contributed by atoms with van der Waals surface area (Å²) < 4.78 is 16.4. The molecule has 0 spiro atoms. The van der Waals surface area contributed by atoms with E-state index in [-0.39, 0.29) is 0 Å². The van der Waals surface area contributed by atoms with E-state index in [4.69, 9.17) is 4.52 Å². The van der Waals surface area contributed by atoms with Crippen LogP contribution in [-0.2, 0) is 15.6 Å². The molecule has 4 nitrogen and oxygen atoms in total. The average Bonchev–Trinajstić information content (AvgIpc) is 2.28. The van der Waals surface area contributed by atoms with Crippen molar-refractivity contribution < 1.29 is 14.0 Å². The summed E-state index contributed by atoms with van der Waals surface area (Å²) in [6.45, 7) is 2.65. The lowest BCUT2D eigenvalue weighted by Crippen LogP contribution is -2.12. The number of hydrogen-bond donors (Lipinski definition) is 2. The van der Waals surface area contributed by atoms with Crippen LogP contribution >= 0.6 is 7.75 Å². The highest BCUT2D eigenvalue weighted by Crippen LogP contribution is 2.37. The fourth-order valence-electron chi connectivity index (χ4n) is 1.17. The van der Waals surface area contributed by atoms with Gasteiger partial charge in [0.2, 0.25) is 0 Å². The topological polar surface area (TPSA) is 58.6 Å². The minimum absolute atomic E-state index is 0.312. The average molecular weight is 243 g/mol. The Balaban J connectivity index is 2.33. The zero-order chi connectivity index (χ0) is 11.9. The highest BCUT2D eigenvalue weighted by atomic mass is 31.2. The van der Waals surface area contributed by atoms with Crippen molar-refractivity contribution in [1.29, 1.82) is 0 Å². The molecule has 1 aromatic rings. The Hall–Kier alpha value is -0.670. The largest absolute Gasteiger partial charge is 0.403 e. The molecule has 1 aromatic carbocycles. The summed E-state index contributed by atoms with van der Waals surface area (Å²) in [5.74, 6) is 0. The van der Waals surface area contributed by atoms with Crippen molar-refractivity contribution in [3.8, 4) is 0 Å². The zero-order valence-electron chi connectivity index (χ0n) is 9.43. The molecular weight excluding hydrogens is 225 g/mol. The van der Waals surface area contributed by atoms with Gasteiger partial charge in [0.1, 0.15) is 0 Å². The fourth-order valence-corrected chi connectivity index (χ4v) is 2.02. The molecule has 0 saturated carbocycles. The Kier molecular flexibility index (Phi) is 5.71. The van der Waals surface area contributed by atoms with Crippen LogP contribution in [0.5, 0.6) is 0 Å². The van der Waals surface area contributed by atoms with Crippen LogP contribution in [0, 0.1) is 0 Å². The SMILES string of the molecule is CCCCOP(=O)(O)NCc1ccccc1. The molecule has 0 radical (unpaired) electrons. The molecule has 0 bridgehead atoms. The van der Waals surface area contributed by atoms with E-state index in [9.17, 15) is 9.46 Å². The van der Waals surface area contributed by atoms with Crippen LogP contribution < -0.4 is 5.09 Å². The minimum atomic E-state index is -3.64. The van der Waals surface area contributed by atoms with Gasteiger partial charge in [-0.3, -0.25) is 4.52 Å². The normalized spacial score (nSPS) is 14.6. The predicted octanol–water partition coefficient (Wildman–Crippen LogP) is 2.69. The van der Waals surface area contributed by atoms with Crippen LogP contribution in [0.2, 0.25) is 0 Å². The van der Waals surface area contributed by atoms with E-state index >= 15 is 0 Å². The molecule has 0 aliphatic rings. The summed E-state index contributed by atoms with van der Waals surface area (Å²) in [5, 5.41) is 2.52. The van der Waals surface area contributed by atoms with Gasteiger partial charge in [0.15, 0.2) is 0 Å². The van der Waals surface area contributed by atoms with E-state index < -0.39 is 7.75 Å². The van der Waals surface area contributed by atoms with E-state index in [1.807, 2.05) is 37.3 Å². The Morgan fingerprint density at radius 2 is 2.06 bits per heavy atom. The second-order valence-corrected chi connectivity index (χ2v) is 5.14. The quantitative estimate of drug-likeness (QED) is 0.571. The maximum atomic E-state index is 11.5. The number of benzene rings is 1. The molecule has 1 rings (SSSR count). The van der Waals surface area contributed by atoms with E-state index in [1.54, 1.807) is 0 Å². The molecule has 0 amide bonds. The van der Waals surface area contributed by atoms with Gasteiger partial charge < -0.3 is 4.89 Å². The van der Waals surface area contributed by atoms with Crippen molar-refractivity contribution >= 4 is 7.75 Å². The number of unbranched alkanes of at least 4 members (excludes halogenated alkanes) is 1. The van der Waals surface area contributed by atoms with Crippen molar-refractivity contribution in [2.75, 3.05) is 6.61 Å². The maximum absolute atomic E-state index is 11.5. The summed E-state index contributed by atoms with van der Waals surface area (Å²) in [5.41, 5.74) is 0.955. The second kappa shape index (κ2) is 6.81. The van der Waals surface area contributed by atoms with Crippen LogP contribution in [0.3, 0.4) is 0 Å². The fraction of sp³-hybridized carbons (Fsp3) is 0.455. The highest BCUT2D eigenvalue weighted by molar-refractivity contribution is 7.50. The van der Waals surface area contributed by atoms with Crippen molar-refractivity contribution in [2.24, 2.45) is 0 Å². The van der Waals surface area contributed by atoms with Gasteiger partial charge in [-0.25, -0.2) is 9.65 Å². The smallest absolute Gasteiger partial charge is 0.312 e. The lowest BCUT2D eigenvalue weighted by molar-refractivity contribution is 0.245. The number of rotatable bonds is 7. The molecule has 90 valence electrons. The number of hydrogen-bond acceptors (Lipinski definition) is 2. The third-order valence-electron chi connectivity index (χ3n) is 2.09. The summed E-state index contributed by atoms with van der Waals surface area (Å²) >= 11 is 0. The highest BCUT2D eigenvalue weighted by Gasteiger charge is 2.17. The van der Waals surface area contributed by atoms with Crippen molar-refractivity contribution in [2.45, 2.75) is 26.3 Å². The first kappa shape index (κ1) is 13.4. The molecule has 1 atom stereocenters. The summed E-state index contributed by atoms with van der Waals surface area (Å²) in [7, 11) is -3.64. The molecular formula is C11H18NO3P. The van der Waals surface area contributed by atoms with Gasteiger partial charge in [-0.2, -0.15) is 0 Å². The van der Waals surface area contributed by atoms with Crippen LogP contribution in [0.25, 0.3) is 0 Å². The maximum Gasteiger partial charge on any atom is 0.403 e. The van der Waals surface area contributed by atoms with Gasteiger partial charge in [-0.15, -0.1) is 0 Å². The Morgan fingerprint density at radius 1 is 1.38 bits per heavy atom. The third-order valence-corrected chi connectivity index (χ3v) is 3.18. The Bertz CT molecular complexity index is 342. The molecule has 0 heterocycles. The Labute approximate surface area is 96.2 Å². The zero-order valence-corrected chi connectivity index (χ0v) is 10.3. The summed E-state index contributed by atoms with van der Waals surface area (Å²) in [4.78, 5) is 9.42. The Morgan fingerprint density at radius 3 is 2.69 bits per heavy atom. The van der Waals surface area contributed by atoms with Crippen molar-refractivity contribution in [3.63, 3.8) is 0 Å². The summed E-state index contributed by atoms with van der Waals surface area (Å²) in [6, 6.07) is 9.45. The molecule has 1 unspecified atom stereocenters. The molecule has 5 heteroatoms. The summed E-state index contributed by atoms with van der Waals surface area (Å²) in [6.07, 6.45) is 1.73. The van der Waals surface area contributed by atoms with Crippen LogP contribution in [-0.4, -0.2) is 11.5 Å². The first-order valence-corrected chi connectivity index (χ1v) is 6.98. The standard InChI is InChI=1S/C11H18NO3P/c1-2-3-9-15-16(13,14)12-10-11-7-5-4-6-8-11/h4-8H,2-3,9-10H2,1H3,(H2,12,13,14). The van der Waals surface area contributed by atoms with Gasteiger partial charge in [-0.05, 0) is 12.0 Å². The molecule has 0 saturated heterocycles. The van der Waals surface area contributed by atoms with Crippen molar-refractivity contribution in [1.82, 2.24) is 5.09 Å². The van der Waals surface area contributed by atoms with E-state index in [1.165, 1.54) is 0 Å². The van der Waals surface area contributed by atoms with Crippen molar-refractivity contribution in [3.05, 3.63) is 35.9 Å². The van der Waals surface area contributed by atoms with Gasteiger partial charge in [0.25, 0.3) is 0 Å². The third kappa shape index (κ3) is 5.42. The van der Waals surface area contributed by atoms with E-state index in [2.05, 4.69) is 5.09 Å². The minimum Gasteiger partial charge on any atom is -0.312 e. The molecule has 16 heavy (non-hydrogen) atoms. The molecule has 0 aromatic heterocycles. The molecule has 2 N–H and O–H groups in total. The van der Waals surface area contributed by atoms with Gasteiger partial charge in [-0.1, -0.05) is 43.7 Å². The van der Waals surface area contributed by atoms with Crippen LogP contribution in [0.1, 0.15) is 25.3 Å².